The van der Waals surface area contributed by atoms with Crippen molar-refractivity contribution in [2.45, 2.75) is 6.92 Å². The van der Waals surface area contributed by atoms with Crippen LogP contribution in [0.15, 0.2) is 6.20 Å². The van der Waals surface area contributed by atoms with Gasteiger partial charge in [-0.2, -0.15) is 0 Å². The van der Waals surface area contributed by atoms with E-state index in [1.54, 1.807) is 6.92 Å². The van der Waals surface area contributed by atoms with E-state index in [1.165, 1.54) is 5.94 Å². The molecule has 0 aromatic carbocycles. The molecule has 0 amide bonds. The normalized spacial score (nSPS) is 10.1. The fraction of sp³-hybridized carbons (Fsp3) is 0.400. The van der Waals surface area contributed by atoms with E-state index in [0.29, 0.717) is 12.8 Å². The van der Waals surface area contributed by atoms with Gasteiger partial charge in [0.15, 0.2) is 5.94 Å². The van der Waals surface area contributed by atoms with Crippen LogP contribution in [0.5, 0.6) is 0 Å². The van der Waals surface area contributed by atoms with Crippen LogP contribution in [0.4, 0.5) is 0 Å². The maximum absolute atomic E-state index is 10.2. The number of ether oxygens (including phenoxy) is 1. The number of hydrogen-bond donors (Lipinski definition) is 0. The van der Waals surface area contributed by atoms with Crippen molar-refractivity contribution in [1.29, 1.82) is 0 Å². The zero-order chi connectivity index (χ0) is 7.11. The number of hydrogen-bond acceptors (Lipinski definition) is 3. The minimum Gasteiger partial charge on any atom is -0.616 e. The highest BCUT2D eigenvalue weighted by Crippen LogP contribution is 1.68. The first kappa shape index (κ1) is 7.72. The predicted molar refractivity (Wildman–Crippen MR) is 31.6 cm³/mol. The Labute approximate surface area is 52.6 Å². The Morgan fingerprint density at radius 2 is 2.56 bits per heavy atom. The number of nitrogens with zero attached hydrogens (tertiary/aromatic N) is 1. The van der Waals surface area contributed by atoms with Gasteiger partial charge in [0.05, 0.1) is 6.61 Å². The third-order valence-electron chi connectivity index (χ3n) is 0.525. The summed E-state index contributed by atoms with van der Waals surface area (Å²) in [6.45, 7) is 2.14. The van der Waals surface area contributed by atoms with Crippen LogP contribution in [0.1, 0.15) is 6.92 Å². The second kappa shape index (κ2) is 4.87. The van der Waals surface area contributed by atoms with E-state index in [1.807, 2.05) is 0 Å². The van der Waals surface area contributed by atoms with E-state index in [9.17, 15) is 10.0 Å². The highest BCUT2D eigenvalue weighted by Gasteiger charge is 1.81. The lowest BCUT2D eigenvalue weighted by Crippen LogP contribution is -1.98. The van der Waals surface area contributed by atoms with E-state index < -0.39 is 0 Å². The summed E-state index contributed by atoms with van der Waals surface area (Å²) < 4.78 is 4.77. The van der Waals surface area contributed by atoms with Crippen LogP contribution in [0, 0.1) is 5.21 Å². The molecule has 0 aliphatic heterocycles. The number of hydroxylamine groups is 1. The summed E-state index contributed by atoms with van der Waals surface area (Å²) >= 11 is 0. The Morgan fingerprint density at radius 3 is 3.00 bits per heavy atom. The van der Waals surface area contributed by atoms with Crippen molar-refractivity contribution in [3.05, 3.63) is 11.4 Å². The molecule has 4 heteroatoms. The summed E-state index contributed by atoms with van der Waals surface area (Å²) in [7, 11) is 0. The van der Waals surface area contributed by atoms with Gasteiger partial charge in [0, 0.05) is 0 Å². The van der Waals surface area contributed by atoms with Crippen molar-refractivity contribution >= 4 is 12.3 Å². The molecule has 0 spiro atoms. The molecule has 9 heavy (non-hydrogen) atoms. The Bertz CT molecular complexity index is 146. The van der Waals surface area contributed by atoms with Gasteiger partial charge in [0.1, 0.15) is 0 Å². The van der Waals surface area contributed by atoms with E-state index in [-0.39, 0.29) is 4.74 Å². The predicted octanol–water partition coefficient (Wildman–Crippen LogP) is -0.0932. The van der Waals surface area contributed by atoms with E-state index in [0.717, 1.165) is 6.40 Å². The molecule has 4 nitrogen and oxygen atoms in total. The largest absolute Gasteiger partial charge is 0.616 e. The Balaban J connectivity index is 3.69. The van der Waals surface area contributed by atoms with Crippen molar-refractivity contribution in [3.63, 3.8) is 0 Å². The summed E-state index contributed by atoms with van der Waals surface area (Å²) in [4.78, 5) is 9.48. The molecule has 0 aliphatic rings. The van der Waals surface area contributed by atoms with Crippen molar-refractivity contribution in [3.8, 4) is 0 Å². The molecule has 50 valence electrons. The van der Waals surface area contributed by atoms with Gasteiger partial charge in [-0.25, -0.2) is 4.79 Å². The van der Waals surface area contributed by atoms with Gasteiger partial charge in [-0.1, -0.05) is 0 Å². The quantitative estimate of drug-likeness (QED) is 0.133. The molecule has 0 saturated heterocycles. The highest BCUT2D eigenvalue weighted by molar-refractivity contribution is 5.46. The summed E-state index contributed by atoms with van der Waals surface area (Å²) in [6, 6.07) is 0. The minimum atomic E-state index is 0.247. The Kier molecular flexibility index (Phi) is 4.18. The lowest BCUT2D eigenvalue weighted by atomic mass is 10.9. The molecule has 0 aromatic rings. The molecule has 0 heterocycles. The van der Waals surface area contributed by atoms with Crippen LogP contribution in [-0.4, -0.2) is 23.7 Å². The molecule has 0 radical (unpaired) electrons. The molecule has 0 N–H and O–H groups in total. The van der Waals surface area contributed by atoms with Gasteiger partial charge in [-0.15, -0.1) is 4.74 Å². The van der Waals surface area contributed by atoms with Crippen molar-refractivity contribution in [2.75, 3.05) is 6.61 Å². The topological polar surface area (TPSA) is 52.4 Å². The maximum Gasteiger partial charge on any atom is 0.341 e. The van der Waals surface area contributed by atoms with Gasteiger partial charge in [-0.3, -0.25) is 0 Å². The summed E-state index contributed by atoms with van der Waals surface area (Å²) in [5.41, 5.74) is 0. The first-order valence-electron chi connectivity index (χ1n) is 2.42. The molecular formula is C5H7NO3. The molecule has 0 saturated carbocycles. The Hall–Kier alpha value is -1.28. The first-order chi connectivity index (χ1) is 4.31. The highest BCUT2D eigenvalue weighted by atomic mass is 16.5. The zero-order valence-corrected chi connectivity index (χ0v) is 5.03. The fourth-order valence-electron chi connectivity index (χ4n) is 0.230. The molecular weight excluding hydrogens is 122 g/mol. The molecule has 0 aromatic heterocycles. The fourth-order valence-corrected chi connectivity index (χ4v) is 0.230. The average Bonchev–Trinajstić information content (AvgIpc) is 1.85. The number of carbonyl (C=O) groups excluding carboxylic acids is 1. The van der Waals surface area contributed by atoms with Gasteiger partial charge in [0.2, 0.25) is 0 Å². The van der Waals surface area contributed by atoms with Crippen LogP contribution in [0.3, 0.4) is 0 Å². The third kappa shape index (κ3) is 4.58. The summed E-state index contributed by atoms with van der Waals surface area (Å²) in [5, 5.41) is 10.2. The lowest BCUT2D eigenvalue weighted by molar-refractivity contribution is -0.381. The SMILES string of the molecule is CCOC=[N+]([O-])C=C=O. The van der Waals surface area contributed by atoms with E-state index >= 15 is 0 Å². The van der Waals surface area contributed by atoms with Crippen molar-refractivity contribution in [2.24, 2.45) is 0 Å². The second-order valence-corrected chi connectivity index (χ2v) is 1.17. The first-order valence-corrected chi connectivity index (χ1v) is 2.42. The van der Waals surface area contributed by atoms with Gasteiger partial charge in [-0.05, 0) is 6.92 Å². The van der Waals surface area contributed by atoms with Crippen LogP contribution in [0.2, 0.25) is 0 Å². The number of rotatable bonds is 3. The van der Waals surface area contributed by atoms with E-state index in [2.05, 4.69) is 4.74 Å². The zero-order valence-electron chi connectivity index (χ0n) is 5.03. The molecule has 0 atom stereocenters. The molecule has 0 unspecified atom stereocenters. The second-order valence-electron chi connectivity index (χ2n) is 1.17. The third-order valence-corrected chi connectivity index (χ3v) is 0.525. The van der Waals surface area contributed by atoms with Crippen LogP contribution >= 0.6 is 0 Å². The molecule has 0 bridgehead atoms. The summed E-state index contributed by atoms with van der Waals surface area (Å²) in [6.07, 6.45) is 1.58. The molecule has 0 aliphatic carbocycles. The van der Waals surface area contributed by atoms with Gasteiger partial charge < -0.3 is 9.94 Å². The standard InChI is InChI=1S/C5H7NO3/c1-2-9-5-6(8)3-4-7/h3,5H,2H2,1H3. The average molecular weight is 129 g/mol. The van der Waals surface area contributed by atoms with Gasteiger partial charge >= 0.3 is 6.40 Å². The van der Waals surface area contributed by atoms with E-state index in [4.69, 9.17) is 0 Å². The smallest absolute Gasteiger partial charge is 0.341 e. The van der Waals surface area contributed by atoms with Crippen LogP contribution in [0.25, 0.3) is 0 Å². The monoisotopic (exact) mass is 129 g/mol. The molecule has 0 fully saturated rings. The maximum atomic E-state index is 10.2. The minimum absolute atomic E-state index is 0.247. The van der Waals surface area contributed by atoms with Crippen molar-refractivity contribution < 1.29 is 14.3 Å². The van der Waals surface area contributed by atoms with Crippen LogP contribution in [-0.2, 0) is 9.53 Å². The summed E-state index contributed by atoms with van der Waals surface area (Å²) in [5.74, 6) is 1.30. The van der Waals surface area contributed by atoms with Crippen LogP contribution < -0.4 is 0 Å². The lowest BCUT2D eigenvalue weighted by Gasteiger charge is -1.92. The van der Waals surface area contributed by atoms with Gasteiger partial charge in [0.25, 0.3) is 6.20 Å². The van der Waals surface area contributed by atoms with Crippen molar-refractivity contribution in [1.82, 2.24) is 0 Å². The molecule has 0 rings (SSSR count). The Morgan fingerprint density at radius 1 is 1.89 bits per heavy atom.